The highest BCUT2D eigenvalue weighted by Crippen LogP contribution is 2.14. The number of rotatable bonds is 7. The molecule has 0 aliphatic rings. The molecule has 0 aliphatic carbocycles. The summed E-state index contributed by atoms with van der Waals surface area (Å²) in [6.07, 6.45) is 0. The first-order valence-electron chi connectivity index (χ1n) is 6.48. The summed E-state index contributed by atoms with van der Waals surface area (Å²) in [6.45, 7) is 2.11. The normalized spacial score (nSPS) is 10.1. The first-order chi connectivity index (χ1) is 9.96. The van der Waals surface area contributed by atoms with Crippen molar-refractivity contribution in [3.8, 4) is 0 Å². The number of aromatic carboxylic acids is 1. The average Bonchev–Trinajstić information content (AvgIpc) is 2.40. The Hall–Kier alpha value is -1.87. The first-order valence-corrected chi connectivity index (χ1v) is 6.48. The van der Waals surface area contributed by atoms with E-state index in [0.717, 1.165) is 4.90 Å². The van der Waals surface area contributed by atoms with E-state index in [2.05, 4.69) is 0 Å². The minimum absolute atomic E-state index is 0.0285. The number of nitrogens with two attached hydrogens (primary N) is 2. The molecule has 0 radical (unpaired) electrons. The van der Waals surface area contributed by atoms with Gasteiger partial charge in [0.1, 0.15) is 19.6 Å². The summed E-state index contributed by atoms with van der Waals surface area (Å²) in [7, 11) is 0. The van der Waals surface area contributed by atoms with Crippen molar-refractivity contribution in [2.24, 2.45) is 0 Å². The number of aliphatic hydroxyl groups excluding tert-OH is 3. The molecule has 21 heavy (non-hydrogen) atoms. The Morgan fingerprint density at radius 1 is 1.05 bits per heavy atom. The van der Waals surface area contributed by atoms with E-state index in [1.54, 1.807) is 0 Å². The molecule has 0 saturated heterocycles. The molecule has 0 spiro atoms. The zero-order chi connectivity index (χ0) is 16.3. The molecule has 1 aromatic rings. The molecule has 0 amide bonds. The molecule has 1 aromatic carbocycles. The zero-order valence-corrected chi connectivity index (χ0v) is 11.8. The third-order valence-corrected chi connectivity index (χ3v) is 2.69. The number of hydrogen-bond donors (Lipinski definition) is 6. The van der Waals surface area contributed by atoms with E-state index in [4.69, 9.17) is 26.8 Å². The number of quaternary nitrogens is 1. The van der Waals surface area contributed by atoms with Crippen LogP contribution in [0.15, 0.2) is 18.2 Å². The van der Waals surface area contributed by atoms with Gasteiger partial charge in [-0.15, -0.1) is 0 Å². The summed E-state index contributed by atoms with van der Waals surface area (Å²) in [5.41, 5.74) is 11.2. The molecule has 0 bridgehead atoms. The molecule has 0 unspecified atom stereocenters. The highest BCUT2D eigenvalue weighted by atomic mass is 16.4. The highest BCUT2D eigenvalue weighted by molar-refractivity contribution is 5.92. The molecule has 0 saturated carbocycles. The molecule has 120 valence electrons. The fourth-order valence-electron chi connectivity index (χ4n) is 1.62. The van der Waals surface area contributed by atoms with Crippen LogP contribution in [0.3, 0.4) is 0 Å². The summed E-state index contributed by atoms with van der Waals surface area (Å²) in [5, 5.41) is 35.8. The number of benzene rings is 1. The lowest BCUT2D eigenvalue weighted by Crippen LogP contribution is -3.13. The predicted octanol–water partition coefficient (Wildman–Crippen LogP) is -3.94. The number of anilines is 2. The topological polar surface area (TPSA) is 157 Å². The van der Waals surface area contributed by atoms with E-state index in [9.17, 15) is 9.90 Å². The third kappa shape index (κ3) is 8.10. The van der Waals surface area contributed by atoms with Crippen molar-refractivity contribution in [2.45, 2.75) is 0 Å². The highest BCUT2D eigenvalue weighted by Gasteiger charge is 2.04. The van der Waals surface area contributed by atoms with Gasteiger partial charge in [0.2, 0.25) is 0 Å². The fourth-order valence-corrected chi connectivity index (χ4v) is 1.62. The summed E-state index contributed by atoms with van der Waals surface area (Å²) in [6, 6.07) is 4.16. The van der Waals surface area contributed by atoms with Gasteiger partial charge in [-0.2, -0.15) is 0 Å². The van der Waals surface area contributed by atoms with E-state index in [1.807, 2.05) is 0 Å². The van der Waals surface area contributed by atoms with Crippen molar-refractivity contribution in [1.29, 1.82) is 0 Å². The van der Waals surface area contributed by atoms with Crippen molar-refractivity contribution in [1.82, 2.24) is 0 Å². The number of nitrogen functional groups attached to an aromatic ring is 2. The molecular formula is C13H23N3O5. The molecular weight excluding hydrogens is 278 g/mol. The quantitative estimate of drug-likeness (QED) is 0.281. The van der Waals surface area contributed by atoms with Crippen LogP contribution in [-0.4, -0.2) is 60.7 Å². The standard InChI is InChI=1S/C7H8N2O2.C6H15NO3/c8-4-1-2-5(7(10)11)6(9)3-4;8-4-1-7(2-5-9)3-6-10/h1-3H,8-9H2,(H,10,11);8-10H,1-6H2. The van der Waals surface area contributed by atoms with Gasteiger partial charge < -0.3 is 41.6 Å². The second-order valence-electron chi connectivity index (χ2n) is 4.30. The Morgan fingerprint density at radius 2 is 1.52 bits per heavy atom. The molecule has 1 rings (SSSR count). The van der Waals surface area contributed by atoms with Gasteiger partial charge in [0.25, 0.3) is 0 Å². The summed E-state index contributed by atoms with van der Waals surface area (Å²) in [4.78, 5) is 11.3. The SMILES string of the molecule is Nc1ccc(C(=O)[O-])c(N)c1.OCC[NH+](CCO)CCO. The van der Waals surface area contributed by atoms with Crippen LogP contribution in [-0.2, 0) is 0 Å². The Kier molecular flexibility index (Phi) is 9.90. The number of hydrogen-bond acceptors (Lipinski definition) is 7. The Labute approximate surface area is 123 Å². The van der Waals surface area contributed by atoms with Crippen molar-refractivity contribution < 1.29 is 30.1 Å². The lowest BCUT2D eigenvalue weighted by atomic mass is 10.1. The minimum atomic E-state index is -1.29. The van der Waals surface area contributed by atoms with Crippen LogP contribution in [0.25, 0.3) is 0 Å². The van der Waals surface area contributed by atoms with Crippen molar-refractivity contribution in [3.05, 3.63) is 23.8 Å². The van der Waals surface area contributed by atoms with Crippen molar-refractivity contribution >= 4 is 17.3 Å². The van der Waals surface area contributed by atoms with E-state index in [-0.39, 0.29) is 31.1 Å². The Bertz CT molecular complexity index is 414. The smallest absolute Gasteiger partial charge is 0.101 e. The number of carbonyl (C=O) groups excluding carboxylic acids is 1. The second-order valence-corrected chi connectivity index (χ2v) is 4.30. The van der Waals surface area contributed by atoms with Crippen LogP contribution >= 0.6 is 0 Å². The fraction of sp³-hybridized carbons (Fsp3) is 0.462. The van der Waals surface area contributed by atoms with Gasteiger partial charge in [0.05, 0.1) is 25.8 Å². The summed E-state index contributed by atoms with van der Waals surface area (Å²) in [5.74, 6) is -1.29. The van der Waals surface area contributed by atoms with E-state index >= 15 is 0 Å². The third-order valence-electron chi connectivity index (χ3n) is 2.69. The van der Waals surface area contributed by atoms with Crippen LogP contribution in [0.4, 0.5) is 11.4 Å². The van der Waals surface area contributed by atoms with Gasteiger partial charge in [0, 0.05) is 16.9 Å². The van der Waals surface area contributed by atoms with Gasteiger partial charge in [-0.05, 0) is 18.2 Å². The first kappa shape index (κ1) is 19.1. The molecule has 8 heteroatoms. The number of carboxylic acid groups (broad SMARTS) is 1. The summed E-state index contributed by atoms with van der Waals surface area (Å²) >= 11 is 0. The molecule has 0 aliphatic heterocycles. The second kappa shape index (κ2) is 10.9. The van der Waals surface area contributed by atoms with E-state index in [0.29, 0.717) is 25.3 Å². The van der Waals surface area contributed by atoms with Crippen LogP contribution in [0, 0.1) is 0 Å². The van der Waals surface area contributed by atoms with Crippen LogP contribution < -0.4 is 21.5 Å². The number of carboxylic acids is 1. The van der Waals surface area contributed by atoms with Gasteiger partial charge >= 0.3 is 0 Å². The monoisotopic (exact) mass is 301 g/mol. The minimum Gasteiger partial charge on any atom is -0.545 e. The molecule has 8 N–H and O–H groups in total. The maximum atomic E-state index is 10.3. The van der Waals surface area contributed by atoms with Crippen molar-refractivity contribution in [3.63, 3.8) is 0 Å². The Balaban J connectivity index is 0.000000384. The van der Waals surface area contributed by atoms with Crippen LogP contribution in [0.5, 0.6) is 0 Å². The van der Waals surface area contributed by atoms with Gasteiger partial charge in [-0.25, -0.2) is 0 Å². The molecule has 0 heterocycles. The van der Waals surface area contributed by atoms with Gasteiger partial charge in [-0.1, -0.05) is 0 Å². The predicted molar refractivity (Wildman–Crippen MR) is 76.4 cm³/mol. The largest absolute Gasteiger partial charge is 0.545 e. The molecule has 8 nitrogen and oxygen atoms in total. The maximum Gasteiger partial charge on any atom is 0.101 e. The van der Waals surface area contributed by atoms with Crippen LogP contribution in [0.2, 0.25) is 0 Å². The molecule has 0 atom stereocenters. The molecule has 0 aromatic heterocycles. The lowest BCUT2D eigenvalue weighted by Gasteiger charge is -2.15. The van der Waals surface area contributed by atoms with Crippen molar-refractivity contribution in [2.75, 3.05) is 50.9 Å². The van der Waals surface area contributed by atoms with Gasteiger partial charge in [-0.3, -0.25) is 0 Å². The summed E-state index contributed by atoms with van der Waals surface area (Å²) < 4.78 is 0. The number of carbonyl (C=O) groups is 1. The van der Waals surface area contributed by atoms with E-state index in [1.165, 1.54) is 18.2 Å². The van der Waals surface area contributed by atoms with E-state index < -0.39 is 5.97 Å². The average molecular weight is 301 g/mol. The number of nitrogens with one attached hydrogen (secondary N) is 1. The Morgan fingerprint density at radius 3 is 1.86 bits per heavy atom. The maximum absolute atomic E-state index is 10.3. The number of aliphatic hydroxyl groups is 3. The van der Waals surface area contributed by atoms with Gasteiger partial charge in [0.15, 0.2) is 0 Å². The zero-order valence-electron chi connectivity index (χ0n) is 11.8. The van der Waals surface area contributed by atoms with Crippen LogP contribution in [0.1, 0.15) is 10.4 Å². The molecule has 0 fully saturated rings. The lowest BCUT2D eigenvalue weighted by molar-refractivity contribution is -0.901.